The van der Waals surface area contributed by atoms with Crippen molar-refractivity contribution in [3.63, 3.8) is 0 Å². The van der Waals surface area contributed by atoms with Crippen molar-refractivity contribution >= 4 is 17.4 Å². The van der Waals surface area contributed by atoms with Crippen LogP contribution in [0.3, 0.4) is 0 Å². The van der Waals surface area contributed by atoms with Gasteiger partial charge in [-0.25, -0.2) is 4.98 Å². The van der Waals surface area contributed by atoms with Crippen molar-refractivity contribution in [2.24, 2.45) is 0 Å². The van der Waals surface area contributed by atoms with Gasteiger partial charge in [0.1, 0.15) is 5.82 Å². The number of nitrogens with zero attached hydrogens (tertiary/aromatic N) is 2. The number of anilines is 1. The summed E-state index contributed by atoms with van der Waals surface area (Å²) in [6.45, 7) is 3.94. The van der Waals surface area contributed by atoms with Gasteiger partial charge in [0, 0.05) is 19.1 Å². The summed E-state index contributed by atoms with van der Waals surface area (Å²) < 4.78 is 0. The molecule has 3 nitrogen and oxygen atoms in total. The molecule has 0 spiro atoms. The predicted octanol–water partition coefficient (Wildman–Crippen LogP) is 3.93. The predicted molar refractivity (Wildman–Crippen MR) is 81.8 cm³/mol. The molecule has 1 aliphatic carbocycles. The van der Waals surface area contributed by atoms with Crippen molar-refractivity contribution in [3.8, 4) is 0 Å². The molecule has 1 aromatic heterocycles. The summed E-state index contributed by atoms with van der Waals surface area (Å²) in [4.78, 5) is 7.03. The average molecular weight is 282 g/mol. The van der Waals surface area contributed by atoms with Gasteiger partial charge < -0.3 is 5.32 Å². The van der Waals surface area contributed by atoms with E-state index >= 15 is 0 Å². The standard InChI is InChI=1S/C15H24ClN3/c1-3-10-17-15-9-8-13(16)14(18-15)11-19(2)12-6-4-5-7-12/h8-9,12H,3-7,10-11H2,1-2H3,(H,17,18). The molecule has 1 N–H and O–H groups in total. The van der Waals surface area contributed by atoms with Gasteiger partial charge in [0.2, 0.25) is 0 Å². The maximum Gasteiger partial charge on any atom is 0.126 e. The average Bonchev–Trinajstić information content (AvgIpc) is 2.93. The lowest BCUT2D eigenvalue weighted by molar-refractivity contribution is 0.235. The molecule has 1 aromatic rings. The molecule has 1 saturated carbocycles. The van der Waals surface area contributed by atoms with Gasteiger partial charge in [0.15, 0.2) is 0 Å². The molecule has 0 saturated heterocycles. The zero-order chi connectivity index (χ0) is 13.7. The van der Waals surface area contributed by atoms with E-state index in [1.54, 1.807) is 0 Å². The largest absolute Gasteiger partial charge is 0.370 e. The Balaban J connectivity index is 2.01. The van der Waals surface area contributed by atoms with E-state index in [9.17, 15) is 0 Å². The second kappa shape index (κ2) is 7.11. The molecule has 0 aliphatic heterocycles. The fourth-order valence-electron chi connectivity index (χ4n) is 2.66. The third kappa shape index (κ3) is 4.08. The smallest absolute Gasteiger partial charge is 0.126 e. The Morgan fingerprint density at radius 1 is 1.37 bits per heavy atom. The van der Waals surface area contributed by atoms with Gasteiger partial charge in [-0.2, -0.15) is 0 Å². The molecular formula is C15H24ClN3. The molecule has 0 unspecified atom stereocenters. The Kier molecular flexibility index (Phi) is 5.46. The first kappa shape index (κ1) is 14.6. The first-order valence-corrected chi connectivity index (χ1v) is 7.68. The molecule has 1 fully saturated rings. The van der Waals surface area contributed by atoms with E-state index in [0.717, 1.165) is 36.0 Å². The molecule has 2 rings (SSSR count). The summed E-state index contributed by atoms with van der Waals surface area (Å²) in [5.41, 5.74) is 0.983. The van der Waals surface area contributed by atoms with Crippen molar-refractivity contribution < 1.29 is 0 Å². The van der Waals surface area contributed by atoms with Gasteiger partial charge in [0.05, 0.1) is 10.7 Å². The van der Waals surface area contributed by atoms with Crippen LogP contribution in [0.25, 0.3) is 0 Å². The first-order chi connectivity index (χ1) is 9.20. The second-order valence-corrected chi connectivity index (χ2v) is 5.81. The number of hydrogen-bond donors (Lipinski definition) is 1. The Morgan fingerprint density at radius 2 is 2.11 bits per heavy atom. The fraction of sp³-hybridized carbons (Fsp3) is 0.667. The SMILES string of the molecule is CCCNc1ccc(Cl)c(CN(C)C2CCCC2)n1. The Bertz CT molecular complexity index is 402. The molecule has 0 bridgehead atoms. The molecule has 0 atom stereocenters. The summed E-state index contributed by atoms with van der Waals surface area (Å²) >= 11 is 6.26. The molecule has 0 radical (unpaired) electrons. The van der Waals surface area contributed by atoms with Crippen LogP contribution in [-0.4, -0.2) is 29.5 Å². The van der Waals surface area contributed by atoms with Crippen LogP contribution < -0.4 is 5.32 Å². The topological polar surface area (TPSA) is 28.2 Å². The fourth-order valence-corrected chi connectivity index (χ4v) is 2.82. The monoisotopic (exact) mass is 281 g/mol. The number of rotatable bonds is 6. The highest BCUT2D eigenvalue weighted by Gasteiger charge is 2.20. The van der Waals surface area contributed by atoms with Crippen LogP contribution in [0.4, 0.5) is 5.82 Å². The highest BCUT2D eigenvalue weighted by molar-refractivity contribution is 6.31. The lowest BCUT2D eigenvalue weighted by Gasteiger charge is -2.24. The summed E-state index contributed by atoms with van der Waals surface area (Å²) in [5.74, 6) is 0.932. The number of halogens is 1. The Morgan fingerprint density at radius 3 is 2.79 bits per heavy atom. The highest BCUT2D eigenvalue weighted by Crippen LogP contribution is 2.25. The van der Waals surface area contributed by atoms with Crippen LogP contribution in [0.1, 0.15) is 44.7 Å². The highest BCUT2D eigenvalue weighted by atomic mass is 35.5. The minimum atomic E-state index is 0.699. The molecule has 106 valence electrons. The summed E-state index contributed by atoms with van der Waals surface area (Å²) in [6.07, 6.45) is 6.42. The van der Waals surface area contributed by atoms with Crippen LogP contribution >= 0.6 is 11.6 Å². The van der Waals surface area contributed by atoms with Gasteiger partial charge in [-0.15, -0.1) is 0 Å². The lowest BCUT2D eigenvalue weighted by atomic mass is 10.2. The van der Waals surface area contributed by atoms with Crippen molar-refractivity contribution in [1.82, 2.24) is 9.88 Å². The molecule has 1 aliphatic rings. The number of aromatic nitrogens is 1. The molecule has 0 amide bonds. The summed E-state index contributed by atoms with van der Waals surface area (Å²) in [5, 5.41) is 4.09. The minimum absolute atomic E-state index is 0.699. The van der Waals surface area contributed by atoms with Crippen LogP contribution in [0.5, 0.6) is 0 Å². The quantitative estimate of drug-likeness (QED) is 0.856. The molecule has 19 heavy (non-hydrogen) atoms. The van der Waals surface area contributed by atoms with E-state index in [1.165, 1.54) is 25.7 Å². The van der Waals surface area contributed by atoms with E-state index in [2.05, 4.69) is 29.2 Å². The van der Waals surface area contributed by atoms with Crippen LogP contribution in [0.15, 0.2) is 12.1 Å². The number of nitrogens with one attached hydrogen (secondary N) is 1. The lowest BCUT2D eigenvalue weighted by Crippen LogP contribution is -2.29. The first-order valence-electron chi connectivity index (χ1n) is 7.30. The minimum Gasteiger partial charge on any atom is -0.370 e. The van der Waals surface area contributed by atoms with Crippen LogP contribution in [0.2, 0.25) is 5.02 Å². The van der Waals surface area contributed by atoms with E-state index in [1.807, 2.05) is 12.1 Å². The molecular weight excluding hydrogens is 258 g/mol. The maximum absolute atomic E-state index is 6.26. The van der Waals surface area contributed by atoms with E-state index < -0.39 is 0 Å². The zero-order valence-electron chi connectivity index (χ0n) is 12.0. The van der Waals surface area contributed by atoms with Gasteiger partial charge in [-0.05, 0) is 38.4 Å². The van der Waals surface area contributed by atoms with Crippen LogP contribution in [0, 0.1) is 0 Å². The van der Waals surface area contributed by atoms with Crippen molar-refractivity contribution in [2.75, 3.05) is 18.9 Å². The van der Waals surface area contributed by atoms with Crippen molar-refractivity contribution in [3.05, 3.63) is 22.8 Å². The zero-order valence-corrected chi connectivity index (χ0v) is 12.7. The molecule has 0 aromatic carbocycles. The summed E-state index contributed by atoms with van der Waals surface area (Å²) in [6, 6.07) is 4.60. The van der Waals surface area contributed by atoms with Crippen molar-refractivity contribution in [2.45, 2.75) is 51.6 Å². The normalized spacial score (nSPS) is 16.2. The van der Waals surface area contributed by atoms with Gasteiger partial charge >= 0.3 is 0 Å². The van der Waals surface area contributed by atoms with Crippen molar-refractivity contribution in [1.29, 1.82) is 0 Å². The van der Waals surface area contributed by atoms with Gasteiger partial charge in [0.25, 0.3) is 0 Å². The maximum atomic E-state index is 6.26. The second-order valence-electron chi connectivity index (χ2n) is 5.41. The molecule has 4 heteroatoms. The van der Waals surface area contributed by atoms with E-state index in [0.29, 0.717) is 6.04 Å². The number of pyridine rings is 1. The van der Waals surface area contributed by atoms with E-state index in [-0.39, 0.29) is 0 Å². The van der Waals surface area contributed by atoms with Gasteiger partial charge in [-0.1, -0.05) is 31.4 Å². The number of hydrogen-bond acceptors (Lipinski definition) is 3. The van der Waals surface area contributed by atoms with Gasteiger partial charge in [-0.3, -0.25) is 4.90 Å². The van der Waals surface area contributed by atoms with E-state index in [4.69, 9.17) is 11.6 Å². The third-order valence-electron chi connectivity index (χ3n) is 3.82. The molecule has 1 heterocycles. The Hall–Kier alpha value is -0.800. The van der Waals surface area contributed by atoms with Crippen LogP contribution in [-0.2, 0) is 6.54 Å². The third-order valence-corrected chi connectivity index (χ3v) is 4.17. The summed E-state index contributed by atoms with van der Waals surface area (Å²) in [7, 11) is 2.18. The Labute approximate surface area is 121 Å².